The lowest BCUT2D eigenvalue weighted by Crippen LogP contribution is -2.36. The molecule has 0 aliphatic carbocycles. The van der Waals surface area contributed by atoms with E-state index in [0.29, 0.717) is 11.4 Å². The van der Waals surface area contributed by atoms with Crippen molar-refractivity contribution < 1.29 is 18.0 Å². The summed E-state index contributed by atoms with van der Waals surface area (Å²) in [6.07, 6.45) is 0.419. The molecule has 8 nitrogen and oxygen atoms in total. The first-order chi connectivity index (χ1) is 13.3. The number of hydrogen-bond donors (Lipinski definition) is 1. The minimum Gasteiger partial charge on any atom is -0.321 e. The van der Waals surface area contributed by atoms with Crippen LogP contribution in [0.15, 0.2) is 64.6 Å². The van der Waals surface area contributed by atoms with Crippen LogP contribution in [0.5, 0.6) is 0 Å². The predicted molar refractivity (Wildman–Crippen MR) is 107 cm³/mol. The molecule has 2 aromatic carbocycles. The van der Waals surface area contributed by atoms with Crippen LogP contribution in [-0.4, -0.2) is 44.3 Å². The van der Waals surface area contributed by atoms with Crippen molar-refractivity contribution in [2.75, 3.05) is 24.4 Å². The fourth-order valence-corrected chi connectivity index (χ4v) is 3.51. The molecule has 9 heteroatoms. The second-order valence-corrected chi connectivity index (χ2v) is 8.51. The predicted octanol–water partition coefficient (Wildman–Crippen LogP) is 2.06. The normalized spacial score (nSPS) is 14.8. The number of carbonyl (C=O) groups excluding carboxylic acids is 2. The van der Waals surface area contributed by atoms with Gasteiger partial charge in [0.05, 0.1) is 10.6 Å². The molecule has 2 amide bonds. The van der Waals surface area contributed by atoms with E-state index in [9.17, 15) is 18.0 Å². The molecule has 0 aromatic heterocycles. The molecule has 0 radical (unpaired) electrons. The number of carbonyl (C=O) groups is 2. The van der Waals surface area contributed by atoms with Crippen molar-refractivity contribution in [3.8, 4) is 0 Å². The second-order valence-electron chi connectivity index (χ2n) is 6.35. The van der Waals surface area contributed by atoms with Crippen LogP contribution >= 0.6 is 0 Å². The molecule has 1 heterocycles. The Bertz CT molecular complexity index is 1020. The Morgan fingerprint density at radius 1 is 1.04 bits per heavy atom. The lowest BCUT2D eigenvalue weighted by atomic mass is 10.1. The number of benzene rings is 2. The van der Waals surface area contributed by atoms with Crippen molar-refractivity contribution in [3.05, 3.63) is 54.6 Å². The summed E-state index contributed by atoms with van der Waals surface area (Å²) in [6.45, 7) is 0. The maximum Gasteiger partial charge on any atom is 0.271 e. The minimum atomic E-state index is -3.53. The lowest BCUT2D eigenvalue weighted by molar-refractivity contribution is -0.118. The molecule has 1 aliphatic rings. The maximum absolute atomic E-state index is 12.5. The third kappa shape index (κ3) is 4.10. The summed E-state index contributed by atoms with van der Waals surface area (Å²) in [5.74, 6) is -0.613. The zero-order valence-electron chi connectivity index (χ0n) is 15.5. The standard InChI is InChI=1S/C19H20N4O4S/c1-22(2)28(26,27)16-10-8-14(9-11-16)20-19(25)17-12-13-18(24)23(21-17)15-6-4-3-5-7-15/h3-11H,12-13H2,1-2H3,(H,20,25). The van der Waals surface area contributed by atoms with Crippen LogP contribution in [0.2, 0.25) is 0 Å². The van der Waals surface area contributed by atoms with E-state index in [4.69, 9.17) is 0 Å². The van der Waals surface area contributed by atoms with E-state index in [0.717, 1.165) is 4.31 Å². The molecule has 0 fully saturated rings. The Kier molecular flexibility index (Phi) is 5.57. The van der Waals surface area contributed by atoms with Crippen molar-refractivity contribution >= 4 is 38.9 Å². The van der Waals surface area contributed by atoms with Crippen LogP contribution in [0.25, 0.3) is 0 Å². The van der Waals surface area contributed by atoms with Crippen LogP contribution in [0.1, 0.15) is 12.8 Å². The Labute approximate surface area is 163 Å². The molecule has 0 bridgehead atoms. The van der Waals surface area contributed by atoms with E-state index < -0.39 is 15.9 Å². The average Bonchev–Trinajstić information content (AvgIpc) is 2.69. The Hall–Kier alpha value is -3.04. The second kappa shape index (κ2) is 7.91. The molecule has 1 aliphatic heterocycles. The van der Waals surface area contributed by atoms with Crippen LogP contribution in [0.4, 0.5) is 11.4 Å². The highest BCUT2D eigenvalue weighted by atomic mass is 32.2. The van der Waals surface area contributed by atoms with Gasteiger partial charge in [0, 0.05) is 32.6 Å². The number of hydrogen-bond acceptors (Lipinski definition) is 5. The molecule has 0 unspecified atom stereocenters. The lowest BCUT2D eigenvalue weighted by Gasteiger charge is -2.23. The van der Waals surface area contributed by atoms with Crippen LogP contribution < -0.4 is 10.3 Å². The number of rotatable bonds is 5. The van der Waals surface area contributed by atoms with Gasteiger partial charge in [-0.05, 0) is 36.4 Å². The molecule has 146 valence electrons. The number of amides is 2. The zero-order valence-corrected chi connectivity index (χ0v) is 16.3. The molecule has 2 aromatic rings. The summed E-state index contributed by atoms with van der Waals surface area (Å²) in [5.41, 5.74) is 1.26. The number of sulfonamides is 1. The van der Waals surface area contributed by atoms with Crippen molar-refractivity contribution in [2.45, 2.75) is 17.7 Å². The molecule has 3 rings (SSSR count). The van der Waals surface area contributed by atoms with Crippen molar-refractivity contribution in [2.24, 2.45) is 5.10 Å². The van der Waals surface area contributed by atoms with Gasteiger partial charge in [-0.15, -0.1) is 0 Å². The number of para-hydroxylation sites is 1. The third-order valence-electron chi connectivity index (χ3n) is 4.19. The third-order valence-corrected chi connectivity index (χ3v) is 6.02. The van der Waals surface area contributed by atoms with Gasteiger partial charge in [-0.25, -0.2) is 17.7 Å². The quantitative estimate of drug-likeness (QED) is 0.830. The van der Waals surface area contributed by atoms with Gasteiger partial charge in [0.15, 0.2) is 0 Å². The number of nitrogens with one attached hydrogen (secondary N) is 1. The Morgan fingerprint density at radius 2 is 1.68 bits per heavy atom. The molecule has 0 spiro atoms. The topological polar surface area (TPSA) is 99.2 Å². The van der Waals surface area contributed by atoms with E-state index in [2.05, 4.69) is 10.4 Å². The fourth-order valence-electron chi connectivity index (χ4n) is 2.61. The van der Waals surface area contributed by atoms with Crippen molar-refractivity contribution in [1.82, 2.24) is 4.31 Å². The van der Waals surface area contributed by atoms with Gasteiger partial charge in [0.2, 0.25) is 15.9 Å². The summed E-state index contributed by atoms with van der Waals surface area (Å²) in [4.78, 5) is 24.8. The first kappa shape index (κ1) is 19.7. The van der Waals surface area contributed by atoms with E-state index in [-0.39, 0.29) is 29.4 Å². The summed E-state index contributed by atoms with van der Waals surface area (Å²) < 4.78 is 25.3. The van der Waals surface area contributed by atoms with Crippen LogP contribution in [0, 0.1) is 0 Å². The van der Waals surface area contributed by atoms with E-state index in [1.165, 1.54) is 43.4 Å². The molecule has 0 atom stereocenters. The summed E-state index contributed by atoms with van der Waals surface area (Å²) in [7, 11) is -0.633. The van der Waals surface area contributed by atoms with Gasteiger partial charge in [-0.2, -0.15) is 5.10 Å². The molecule has 0 saturated carbocycles. The smallest absolute Gasteiger partial charge is 0.271 e. The number of anilines is 2. The highest BCUT2D eigenvalue weighted by Gasteiger charge is 2.25. The molecule has 28 heavy (non-hydrogen) atoms. The van der Waals surface area contributed by atoms with Gasteiger partial charge >= 0.3 is 0 Å². The number of hydrazone groups is 1. The number of nitrogens with zero attached hydrogens (tertiary/aromatic N) is 3. The fraction of sp³-hybridized carbons (Fsp3) is 0.211. The summed E-state index contributed by atoms with van der Waals surface area (Å²) in [5, 5.41) is 8.11. The van der Waals surface area contributed by atoms with Gasteiger partial charge in [0.1, 0.15) is 5.71 Å². The maximum atomic E-state index is 12.5. The summed E-state index contributed by atoms with van der Waals surface area (Å²) >= 11 is 0. The largest absolute Gasteiger partial charge is 0.321 e. The molecule has 1 N–H and O–H groups in total. The first-order valence-electron chi connectivity index (χ1n) is 8.58. The van der Waals surface area contributed by atoms with Crippen molar-refractivity contribution in [3.63, 3.8) is 0 Å². The highest BCUT2D eigenvalue weighted by Crippen LogP contribution is 2.21. The Morgan fingerprint density at radius 3 is 2.29 bits per heavy atom. The van der Waals surface area contributed by atoms with Crippen molar-refractivity contribution in [1.29, 1.82) is 0 Å². The van der Waals surface area contributed by atoms with Crippen LogP contribution in [0.3, 0.4) is 0 Å². The molecular weight excluding hydrogens is 380 g/mol. The molecular formula is C19H20N4O4S. The summed E-state index contributed by atoms with van der Waals surface area (Å²) in [6, 6.07) is 14.8. The monoisotopic (exact) mass is 400 g/mol. The van der Waals surface area contributed by atoms with Gasteiger partial charge in [-0.1, -0.05) is 18.2 Å². The van der Waals surface area contributed by atoms with Gasteiger partial charge in [-0.3, -0.25) is 9.59 Å². The van der Waals surface area contributed by atoms with Gasteiger partial charge in [0.25, 0.3) is 5.91 Å². The minimum absolute atomic E-state index is 0.131. The SMILES string of the molecule is CN(C)S(=O)(=O)c1ccc(NC(=O)C2=NN(c3ccccc3)C(=O)CC2)cc1. The van der Waals surface area contributed by atoms with E-state index >= 15 is 0 Å². The Balaban J connectivity index is 1.76. The van der Waals surface area contributed by atoms with Gasteiger partial charge < -0.3 is 5.32 Å². The van der Waals surface area contributed by atoms with Crippen LogP contribution in [-0.2, 0) is 19.6 Å². The average molecular weight is 400 g/mol. The molecule has 0 saturated heterocycles. The highest BCUT2D eigenvalue weighted by molar-refractivity contribution is 7.89. The van der Waals surface area contributed by atoms with E-state index in [1.807, 2.05) is 6.07 Å². The van der Waals surface area contributed by atoms with E-state index in [1.54, 1.807) is 24.3 Å². The zero-order chi connectivity index (χ0) is 20.3. The first-order valence-corrected chi connectivity index (χ1v) is 10.0.